The van der Waals surface area contributed by atoms with Crippen LogP contribution < -0.4 is 5.32 Å². The molecular weight excluding hydrogens is 188 g/mol. The van der Waals surface area contributed by atoms with Crippen LogP contribution in [0.1, 0.15) is 20.3 Å². The molecule has 72 valence electrons. The summed E-state index contributed by atoms with van der Waals surface area (Å²) in [5.74, 6) is -0.172. The van der Waals surface area contributed by atoms with Gasteiger partial charge in [-0.1, -0.05) is 13.8 Å². The number of thiocarbonyl (C=S) groups is 1. The Kier molecular flexibility index (Phi) is 2.98. The highest BCUT2D eigenvalue weighted by atomic mass is 32.1. The maximum absolute atomic E-state index is 11.3. The Morgan fingerprint density at radius 2 is 2.15 bits per heavy atom. The summed E-state index contributed by atoms with van der Waals surface area (Å²) in [5, 5.41) is 2.69. The van der Waals surface area contributed by atoms with E-state index in [1.807, 2.05) is 13.8 Å². The molecule has 0 aromatic rings. The highest BCUT2D eigenvalue weighted by Gasteiger charge is 2.27. The first-order chi connectivity index (χ1) is 6.00. The molecule has 1 heterocycles. The Labute approximate surface area is 82.3 Å². The van der Waals surface area contributed by atoms with Crippen molar-refractivity contribution in [3.8, 4) is 0 Å². The van der Waals surface area contributed by atoms with Gasteiger partial charge in [-0.2, -0.15) is 0 Å². The van der Waals surface area contributed by atoms with Crippen LogP contribution in [0.15, 0.2) is 0 Å². The van der Waals surface area contributed by atoms with Crippen molar-refractivity contribution >= 4 is 29.1 Å². The summed E-state index contributed by atoms with van der Waals surface area (Å²) in [6.45, 7) is 4.55. The fourth-order valence-electron chi connectivity index (χ4n) is 1.13. The first kappa shape index (κ1) is 10.1. The SMILES string of the molecule is CC(C)CN1C(=O)CC(=O)NC1=S. The zero-order chi connectivity index (χ0) is 10.0. The normalized spacial score (nSPS) is 18.1. The van der Waals surface area contributed by atoms with Gasteiger partial charge in [-0.3, -0.25) is 14.5 Å². The minimum absolute atomic E-state index is 0.0904. The van der Waals surface area contributed by atoms with Crippen molar-refractivity contribution in [2.24, 2.45) is 5.92 Å². The third-order valence-corrected chi connectivity index (χ3v) is 1.97. The summed E-state index contributed by atoms with van der Waals surface area (Å²) in [6.07, 6.45) is -0.0904. The Morgan fingerprint density at radius 1 is 1.54 bits per heavy atom. The lowest BCUT2D eigenvalue weighted by molar-refractivity contribution is -0.135. The molecular formula is C8H12N2O2S. The van der Waals surface area contributed by atoms with Gasteiger partial charge in [0.1, 0.15) is 6.42 Å². The third kappa shape index (κ3) is 2.48. The summed E-state index contributed by atoms with van der Waals surface area (Å²) in [7, 11) is 0. The maximum atomic E-state index is 11.3. The van der Waals surface area contributed by atoms with E-state index in [1.54, 1.807) is 0 Å². The Hall–Kier alpha value is -0.970. The van der Waals surface area contributed by atoms with Gasteiger partial charge in [0.25, 0.3) is 0 Å². The quantitative estimate of drug-likeness (QED) is 0.514. The molecule has 0 aliphatic carbocycles. The molecule has 1 aliphatic heterocycles. The van der Waals surface area contributed by atoms with E-state index in [1.165, 1.54) is 4.90 Å². The molecule has 5 heteroatoms. The molecule has 4 nitrogen and oxygen atoms in total. The van der Waals surface area contributed by atoms with Crippen LogP contribution in [0.4, 0.5) is 0 Å². The summed E-state index contributed by atoms with van der Waals surface area (Å²) in [6, 6.07) is 0. The molecule has 0 radical (unpaired) electrons. The van der Waals surface area contributed by atoms with Crippen LogP contribution in [0.5, 0.6) is 0 Å². The maximum Gasteiger partial charge on any atom is 0.238 e. The van der Waals surface area contributed by atoms with Crippen LogP contribution in [0, 0.1) is 5.92 Å². The second-order valence-corrected chi connectivity index (χ2v) is 3.81. The van der Waals surface area contributed by atoms with E-state index >= 15 is 0 Å². The second-order valence-electron chi connectivity index (χ2n) is 3.43. The molecule has 1 fully saturated rings. The van der Waals surface area contributed by atoms with E-state index in [0.717, 1.165) is 0 Å². The van der Waals surface area contributed by atoms with Crippen molar-refractivity contribution in [3.05, 3.63) is 0 Å². The molecule has 0 aromatic carbocycles. The highest BCUT2D eigenvalue weighted by Crippen LogP contribution is 2.06. The molecule has 0 atom stereocenters. The van der Waals surface area contributed by atoms with Crippen LogP contribution in [-0.2, 0) is 9.59 Å². The summed E-state index contributed by atoms with van der Waals surface area (Å²) in [5.41, 5.74) is 0. The number of nitrogens with one attached hydrogen (secondary N) is 1. The zero-order valence-electron chi connectivity index (χ0n) is 7.66. The van der Waals surface area contributed by atoms with Crippen LogP contribution >= 0.6 is 12.2 Å². The second kappa shape index (κ2) is 3.83. The molecule has 1 saturated heterocycles. The molecule has 0 unspecified atom stereocenters. The molecule has 2 amide bonds. The summed E-state index contributed by atoms with van der Waals surface area (Å²) >= 11 is 4.87. The summed E-state index contributed by atoms with van der Waals surface area (Å²) in [4.78, 5) is 23.6. The molecule has 0 bridgehead atoms. The first-order valence-electron chi connectivity index (χ1n) is 4.15. The van der Waals surface area contributed by atoms with Crippen molar-refractivity contribution in [1.29, 1.82) is 0 Å². The van der Waals surface area contributed by atoms with E-state index in [4.69, 9.17) is 12.2 Å². The fourth-order valence-corrected chi connectivity index (χ4v) is 1.42. The Bertz CT molecular complexity index is 243. The predicted octanol–water partition coefficient (Wildman–Crippen LogP) is 0.276. The topological polar surface area (TPSA) is 49.4 Å². The fraction of sp³-hybridized carbons (Fsp3) is 0.625. The van der Waals surface area contributed by atoms with Crippen molar-refractivity contribution in [3.63, 3.8) is 0 Å². The van der Waals surface area contributed by atoms with Gasteiger partial charge in [0.15, 0.2) is 5.11 Å². The number of hydrogen-bond acceptors (Lipinski definition) is 3. The molecule has 1 N–H and O–H groups in total. The van der Waals surface area contributed by atoms with Crippen LogP contribution in [0.2, 0.25) is 0 Å². The molecule has 1 rings (SSSR count). The number of carbonyl (C=O) groups is 2. The lowest BCUT2D eigenvalue weighted by Gasteiger charge is -2.28. The lowest BCUT2D eigenvalue weighted by Crippen LogP contribution is -2.53. The van der Waals surface area contributed by atoms with Gasteiger partial charge in [0, 0.05) is 6.54 Å². The van der Waals surface area contributed by atoms with E-state index in [2.05, 4.69) is 5.32 Å². The Balaban J connectivity index is 2.67. The minimum Gasteiger partial charge on any atom is -0.302 e. The van der Waals surface area contributed by atoms with Gasteiger partial charge in [-0.25, -0.2) is 0 Å². The number of amides is 2. The molecule has 1 aliphatic rings. The van der Waals surface area contributed by atoms with Crippen molar-refractivity contribution < 1.29 is 9.59 Å². The first-order valence-corrected chi connectivity index (χ1v) is 4.55. The number of carbonyl (C=O) groups excluding carboxylic acids is 2. The largest absolute Gasteiger partial charge is 0.302 e. The molecule has 13 heavy (non-hydrogen) atoms. The highest BCUT2D eigenvalue weighted by molar-refractivity contribution is 7.80. The third-order valence-electron chi connectivity index (χ3n) is 1.65. The van der Waals surface area contributed by atoms with Gasteiger partial charge in [0.05, 0.1) is 0 Å². The smallest absolute Gasteiger partial charge is 0.238 e. The minimum atomic E-state index is -0.310. The summed E-state index contributed by atoms with van der Waals surface area (Å²) < 4.78 is 0. The van der Waals surface area contributed by atoms with E-state index in [9.17, 15) is 9.59 Å². The van der Waals surface area contributed by atoms with Crippen molar-refractivity contribution in [2.45, 2.75) is 20.3 Å². The number of hydrogen-bond donors (Lipinski definition) is 1. The van der Waals surface area contributed by atoms with Gasteiger partial charge < -0.3 is 5.32 Å². The van der Waals surface area contributed by atoms with Crippen molar-refractivity contribution in [1.82, 2.24) is 10.2 Å². The van der Waals surface area contributed by atoms with Crippen LogP contribution in [0.3, 0.4) is 0 Å². The van der Waals surface area contributed by atoms with Gasteiger partial charge in [-0.05, 0) is 18.1 Å². The lowest BCUT2D eigenvalue weighted by atomic mass is 10.2. The van der Waals surface area contributed by atoms with Gasteiger partial charge in [0.2, 0.25) is 11.8 Å². The van der Waals surface area contributed by atoms with Gasteiger partial charge in [-0.15, -0.1) is 0 Å². The zero-order valence-corrected chi connectivity index (χ0v) is 8.48. The van der Waals surface area contributed by atoms with Gasteiger partial charge >= 0.3 is 0 Å². The van der Waals surface area contributed by atoms with Crippen LogP contribution in [-0.4, -0.2) is 28.4 Å². The van der Waals surface area contributed by atoms with E-state index in [-0.39, 0.29) is 23.3 Å². The number of rotatable bonds is 2. The molecule has 0 spiro atoms. The average molecular weight is 200 g/mol. The van der Waals surface area contributed by atoms with Crippen molar-refractivity contribution in [2.75, 3.05) is 6.54 Å². The van der Waals surface area contributed by atoms with E-state index < -0.39 is 0 Å². The average Bonchev–Trinajstić information content (AvgIpc) is 1.96. The van der Waals surface area contributed by atoms with Crippen LogP contribution in [0.25, 0.3) is 0 Å². The molecule has 0 aromatic heterocycles. The standard InChI is InChI=1S/C8H12N2O2S/c1-5(2)4-10-7(12)3-6(11)9-8(10)13/h5H,3-4H2,1-2H3,(H,9,11,13). The Morgan fingerprint density at radius 3 is 2.62 bits per heavy atom. The predicted molar refractivity (Wildman–Crippen MR) is 51.9 cm³/mol. The number of nitrogens with zero attached hydrogens (tertiary/aromatic N) is 1. The monoisotopic (exact) mass is 200 g/mol. The van der Waals surface area contributed by atoms with E-state index in [0.29, 0.717) is 12.5 Å². The molecule has 0 saturated carbocycles.